The number of benzene rings is 2. The third kappa shape index (κ3) is 3.86. The molecule has 0 atom stereocenters. The number of guanidine groups is 1. The molecule has 132 valence electrons. The van der Waals surface area contributed by atoms with Crippen LogP contribution in [0.4, 0.5) is 4.39 Å². The van der Waals surface area contributed by atoms with E-state index < -0.39 is 0 Å². The summed E-state index contributed by atoms with van der Waals surface area (Å²) in [6.07, 6.45) is 1.46. The zero-order chi connectivity index (χ0) is 18.5. The standard InChI is InChI=1S/C18H17FN6O/c1-12-16(11-22-23-18(20)21)17(26-15-9-7-13(19)8-10-15)25(24-12)14-5-3-2-4-6-14/h2-11H,1H3,(H4,20,21,23)/b22-11+. The highest BCUT2D eigenvalue weighted by Crippen LogP contribution is 2.29. The lowest BCUT2D eigenvalue weighted by atomic mass is 10.2. The minimum absolute atomic E-state index is 0.157. The molecule has 0 bridgehead atoms. The highest BCUT2D eigenvalue weighted by Gasteiger charge is 2.17. The molecule has 0 unspecified atom stereocenters. The minimum Gasteiger partial charge on any atom is -0.438 e. The minimum atomic E-state index is -0.348. The van der Waals surface area contributed by atoms with Gasteiger partial charge in [0, 0.05) is 0 Å². The van der Waals surface area contributed by atoms with Crippen molar-refractivity contribution in [3.8, 4) is 17.3 Å². The molecular formula is C18H17FN6O. The van der Waals surface area contributed by atoms with Gasteiger partial charge in [0.1, 0.15) is 11.6 Å². The summed E-state index contributed by atoms with van der Waals surface area (Å²) in [5.74, 6) is 0.366. The molecule has 0 fully saturated rings. The van der Waals surface area contributed by atoms with E-state index >= 15 is 0 Å². The molecule has 0 aliphatic carbocycles. The van der Waals surface area contributed by atoms with Crippen molar-refractivity contribution < 1.29 is 9.13 Å². The largest absolute Gasteiger partial charge is 0.438 e. The third-order valence-electron chi connectivity index (χ3n) is 3.45. The van der Waals surface area contributed by atoms with E-state index in [0.29, 0.717) is 22.9 Å². The van der Waals surface area contributed by atoms with Gasteiger partial charge in [-0.1, -0.05) is 18.2 Å². The molecular weight excluding hydrogens is 335 g/mol. The maximum absolute atomic E-state index is 13.2. The van der Waals surface area contributed by atoms with Crippen LogP contribution in [-0.2, 0) is 0 Å². The summed E-state index contributed by atoms with van der Waals surface area (Å²) in [7, 11) is 0. The predicted molar refractivity (Wildman–Crippen MR) is 98.2 cm³/mol. The van der Waals surface area contributed by atoms with E-state index in [4.69, 9.17) is 16.2 Å². The van der Waals surface area contributed by atoms with Crippen molar-refractivity contribution in [1.82, 2.24) is 9.78 Å². The molecule has 2 aromatic carbocycles. The van der Waals surface area contributed by atoms with Crippen LogP contribution in [0.2, 0.25) is 0 Å². The summed E-state index contributed by atoms with van der Waals surface area (Å²) in [6, 6.07) is 15.2. The van der Waals surface area contributed by atoms with Crippen molar-refractivity contribution >= 4 is 12.2 Å². The lowest BCUT2D eigenvalue weighted by Crippen LogP contribution is -2.21. The summed E-state index contributed by atoms with van der Waals surface area (Å²) in [4.78, 5) is 0. The van der Waals surface area contributed by atoms with E-state index in [2.05, 4.69) is 15.3 Å². The molecule has 8 heteroatoms. The Kier molecular flexibility index (Phi) is 4.93. The predicted octanol–water partition coefficient (Wildman–Crippen LogP) is 2.72. The summed E-state index contributed by atoms with van der Waals surface area (Å²) in [5.41, 5.74) is 12.7. The number of halogens is 1. The van der Waals surface area contributed by atoms with Crippen LogP contribution in [0.5, 0.6) is 11.6 Å². The lowest BCUT2D eigenvalue weighted by Gasteiger charge is -2.10. The highest BCUT2D eigenvalue weighted by molar-refractivity contribution is 5.85. The lowest BCUT2D eigenvalue weighted by molar-refractivity contribution is 0.442. The Morgan fingerprint density at radius 2 is 1.81 bits per heavy atom. The number of hydrogen-bond acceptors (Lipinski definition) is 4. The Labute approximate surface area is 149 Å². The van der Waals surface area contributed by atoms with Gasteiger partial charge in [0.2, 0.25) is 11.8 Å². The van der Waals surface area contributed by atoms with Crippen LogP contribution in [-0.4, -0.2) is 22.0 Å². The zero-order valence-corrected chi connectivity index (χ0v) is 14.0. The van der Waals surface area contributed by atoms with Crippen molar-refractivity contribution in [3.05, 3.63) is 71.7 Å². The molecule has 3 aromatic rings. The highest BCUT2D eigenvalue weighted by atomic mass is 19.1. The Bertz CT molecular complexity index is 944. The third-order valence-corrected chi connectivity index (χ3v) is 3.45. The Morgan fingerprint density at radius 3 is 2.46 bits per heavy atom. The molecule has 1 heterocycles. The fourth-order valence-corrected chi connectivity index (χ4v) is 2.28. The van der Waals surface area contributed by atoms with Crippen LogP contribution in [0.25, 0.3) is 5.69 Å². The quantitative estimate of drug-likeness (QED) is 0.418. The van der Waals surface area contributed by atoms with Gasteiger partial charge < -0.3 is 16.2 Å². The number of para-hydroxylation sites is 1. The van der Waals surface area contributed by atoms with Gasteiger partial charge in [0.15, 0.2) is 0 Å². The summed E-state index contributed by atoms with van der Waals surface area (Å²) >= 11 is 0. The smallest absolute Gasteiger partial charge is 0.231 e. The summed E-state index contributed by atoms with van der Waals surface area (Å²) < 4.78 is 20.8. The van der Waals surface area contributed by atoms with E-state index in [-0.39, 0.29) is 11.8 Å². The molecule has 0 amide bonds. The number of rotatable bonds is 5. The Hall–Kier alpha value is -3.68. The number of aromatic nitrogens is 2. The molecule has 0 aliphatic heterocycles. The number of aryl methyl sites for hydroxylation is 1. The van der Waals surface area contributed by atoms with E-state index in [1.165, 1.54) is 30.5 Å². The average molecular weight is 352 g/mol. The maximum atomic E-state index is 13.2. The fraction of sp³-hybridized carbons (Fsp3) is 0.0556. The van der Waals surface area contributed by atoms with Crippen molar-refractivity contribution in [1.29, 1.82) is 0 Å². The van der Waals surface area contributed by atoms with Gasteiger partial charge in [-0.05, 0) is 43.3 Å². The molecule has 4 N–H and O–H groups in total. The van der Waals surface area contributed by atoms with Crippen LogP contribution in [0.15, 0.2) is 64.8 Å². The number of nitrogens with zero attached hydrogens (tertiary/aromatic N) is 4. The van der Waals surface area contributed by atoms with Crippen LogP contribution in [0.1, 0.15) is 11.3 Å². The SMILES string of the molecule is Cc1nn(-c2ccccc2)c(Oc2ccc(F)cc2)c1/C=N/N=C(N)N. The van der Waals surface area contributed by atoms with Crippen LogP contribution in [0.3, 0.4) is 0 Å². The van der Waals surface area contributed by atoms with Gasteiger partial charge >= 0.3 is 0 Å². The van der Waals surface area contributed by atoms with Gasteiger partial charge in [-0.3, -0.25) is 0 Å². The maximum Gasteiger partial charge on any atom is 0.231 e. The van der Waals surface area contributed by atoms with Gasteiger partial charge in [-0.25, -0.2) is 4.39 Å². The molecule has 3 rings (SSSR count). The first kappa shape index (κ1) is 17.2. The molecule has 26 heavy (non-hydrogen) atoms. The molecule has 0 aliphatic rings. The first-order valence-electron chi connectivity index (χ1n) is 7.75. The summed E-state index contributed by atoms with van der Waals surface area (Å²) in [6.45, 7) is 1.81. The van der Waals surface area contributed by atoms with Gasteiger partial charge in [0.05, 0.1) is 23.2 Å². The topological polar surface area (TPSA) is 104 Å². The monoisotopic (exact) mass is 352 g/mol. The second kappa shape index (κ2) is 7.47. The Morgan fingerprint density at radius 1 is 1.12 bits per heavy atom. The van der Waals surface area contributed by atoms with Crippen molar-refractivity contribution in [2.45, 2.75) is 6.92 Å². The van der Waals surface area contributed by atoms with E-state index in [9.17, 15) is 4.39 Å². The zero-order valence-electron chi connectivity index (χ0n) is 14.0. The number of ether oxygens (including phenoxy) is 1. The second-order valence-corrected chi connectivity index (χ2v) is 5.38. The fourth-order valence-electron chi connectivity index (χ4n) is 2.28. The summed E-state index contributed by atoms with van der Waals surface area (Å²) in [5, 5.41) is 12.0. The molecule has 0 saturated carbocycles. The van der Waals surface area contributed by atoms with E-state index in [1.54, 1.807) is 4.68 Å². The van der Waals surface area contributed by atoms with E-state index in [0.717, 1.165) is 5.69 Å². The van der Waals surface area contributed by atoms with Crippen molar-refractivity contribution in [2.24, 2.45) is 21.7 Å². The van der Waals surface area contributed by atoms with E-state index in [1.807, 2.05) is 37.3 Å². The molecule has 0 spiro atoms. The molecule has 1 aromatic heterocycles. The first-order chi connectivity index (χ1) is 12.5. The van der Waals surface area contributed by atoms with Crippen LogP contribution in [0, 0.1) is 12.7 Å². The first-order valence-corrected chi connectivity index (χ1v) is 7.75. The normalized spacial score (nSPS) is 10.8. The van der Waals surface area contributed by atoms with Crippen LogP contribution >= 0.6 is 0 Å². The molecule has 0 radical (unpaired) electrons. The second-order valence-electron chi connectivity index (χ2n) is 5.38. The number of hydrogen-bond donors (Lipinski definition) is 2. The Balaban J connectivity index is 2.08. The van der Waals surface area contributed by atoms with Crippen molar-refractivity contribution in [3.63, 3.8) is 0 Å². The molecule has 0 saturated heterocycles. The van der Waals surface area contributed by atoms with Gasteiger partial charge in [0.25, 0.3) is 0 Å². The van der Waals surface area contributed by atoms with Gasteiger partial charge in [-0.15, -0.1) is 5.10 Å². The number of nitrogens with two attached hydrogens (primary N) is 2. The van der Waals surface area contributed by atoms with Gasteiger partial charge in [-0.2, -0.15) is 14.9 Å². The van der Waals surface area contributed by atoms with Crippen molar-refractivity contribution in [2.75, 3.05) is 0 Å². The average Bonchev–Trinajstić information content (AvgIpc) is 2.93. The molecule has 7 nitrogen and oxygen atoms in total. The van der Waals surface area contributed by atoms with Crippen LogP contribution < -0.4 is 16.2 Å².